The molecule has 1 fully saturated rings. The van der Waals surface area contributed by atoms with E-state index in [1.165, 1.54) is 12.1 Å². The summed E-state index contributed by atoms with van der Waals surface area (Å²) in [6, 6.07) is 5.96. The van der Waals surface area contributed by atoms with E-state index >= 15 is 0 Å². The minimum atomic E-state index is -0.487. The molecular weight excluding hydrogens is 243 g/mol. The number of halogens is 1. The fraction of sp³-hybridized carbons (Fsp3) is 0.533. The summed E-state index contributed by atoms with van der Waals surface area (Å²) in [5.41, 5.74) is 5.84. The number of anilines is 1. The van der Waals surface area contributed by atoms with E-state index in [-0.39, 0.29) is 11.7 Å². The van der Waals surface area contributed by atoms with Crippen molar-refractivity contribution in [2.45, 2.75) is 32.6 Å². The van der Waals surface area contributed by atoms with Gasteiger partial charge in [0, 0.05) is 12.2 Å². The molecule has 1 aromatic rings. The first-order chi connectivity index (χ1) is 9.05. The third-order valence-corrected chi connectivity index (χ3v) is 4.19. The summed E-state index contributed by atoms with van der Waals surface area (Å²) in [5.74, 6) is 0.228. The van der Waals surface area contributed by atoms with Crippen molar-refractivity contribution in [3.63, 3.8) is 0 Å². The van der Waals surface area contributed by atoms with Crippen LogP contribution < -0.4 is 11.1 Å². The average Bonchev–Trinajstić information content (AvgIpc) is 2.40. The summed E-state index contributed by atoms with van der Waals surface area (Å²) in [5, 5.41) is 2.80. The number of nitrogens with two attached hydrogens (primary N) is 1. The average molecular weight is 264 g/mol. The lowest BCUT2D eigenvalue weighted by atomic mass is 9.70. The highest BCUT2D eigenvalue weighted by Crippen LogP contribution is 2.39. The summed E-state index contributed by atoms with van der Waals surface area (Å²) < 4.78 is 13.1. The molecule has 1 aromatic carbocycles. The molecular formula is C15H21FN2O. The van der Waals surface area contributed by atoms with Crippen molar-refractivity contribution in [1.82, 2.24) is 0 Å². The van der Waals surface area contributed by atoms with Gasteiger partial charge in [-0.1, -0.05) is 13.0 Å². The fourth-order valence-electron chi connectivity index (χ4n) is 2.67. The van der Waals surface area contributed by atoms with Gasteiger partial charge >= 0.3 is 0 Å². The second kappa shape index (κ2) is 5.70. The molecule has 1 aliphatic rings. The van der Waals surface area contributed by atoms with Crippen LogP contribution in [0.1, 0.15) is 32.6 Å². The van der Waals surface area contributed by atoms with Crippen molar-refractivity contribution >= 4 is 11.6 Å². The van der Waals surface area contributed by atoms with Gasteiger partial charge < -0.3 is 11.1 Å². The first-order valence-corrected chi connectivity index (χ1v) is 6.83. The Kier molecular flexibility index (Phi) is 4.20. The number of amides is 1. The van der Waals surface area contributed by atoms with Crippen LogP contribution in [0.5, 0.6) is 0 Å². The van der Waals surface area contributed by atoms with Crippen LogP contribution in [0.4, 0.5) is 10.1 Å². The number of carbonyl (C=O) groups is 1. The molecule has 1 aliphatic carbocycles. The van der Waals surface area contributed by atoms with Gasteiger partial charge in [-0.3, -0.25) is 4.79 Å². The SMILES string of the molecule is CC1CCC(CN)(C(=O)Nc2cccc(F)c2)CC1. The molecule has 0 atom stereocenters. The molecule has 0 radical (unpaired) electrons. The summed E-state index contributed by atoms with van der Waals surface area (Å²) in [6.07, 6.45) is 3.67. The summed E-state index contributed by atoms with van der Waals surface area (Å²) in [7, 11) is 0. The number of benzene rings is 1. The van der Waals surface area contributed by atoms with Gasteiger partial charge in [0.2, 0.25) is 5.91 Å². The molecule has 4 heteroatoms. The van der Waals surface area contributed by atoms with Crippen LogP contribution >= 0.6 is 0 Å². The van der Waals surface area contributed by atoms with Crippen LogP contribution in [-0.2, 0) is 4.79 Å². The van der Waals surface area contributed by atoms with E-state index in [0.717, 1.165) is 25.7 Å². The molecule has 0 bridgehead atoms. The maximum Gasteiger partial charge on any atom is 0.231 e. The summed E-state index contributed by atoms with van der Waals surface area (Å²) in [4.78, 5) is 12.4. The van der Waals surface area contributed by atoms with E-state index in [2.05, 4.69) is 12.2 Å². The van der Waals surface area contributed by atoms with Gasteiger partial charge in [-0.15, -0.1) is 0 Å². The molecule has 3 N–H and O–H groups in total. The lowest BCUT2D eigenvalue weighted by Crippen LogP contribution is -2.44. The van der Waals surface area contributed by atoms with Crippen LogP contribution in [0.15, 0.2) is 24.3 Å². The Labute approximate surface area is 113 Å². The Bertz CT molecular complexity index is 453. The topological polar surface area (TPSA) is 55.1 Å². The van der Waals surface area contributed by atoms with Crippen LogP contribution in [0.2, 0.25) is 0 Å². The van der Waals surface area contributed by atoms with Crippen molar-refractivity contribution < 1.29 is 9.18 Å². The van der Waals surface area contributed by atoms with Crippen LogP contribution in [0.25, 0.3) is 0 Å². The molecule has 0 spiro atoms. The quantitative estimate of drug-likeness (QED) is 0.882. The normalized spacial score (nSPS) is 27.0. The smallest absolute Gasteiger partial charge is 0.231 e. The van der Waals surface area contributed by atoms with Gasteiger partial charge in [0.15, 0.2) is 0 Å². The second-order valence-electron chi connectivity index (χ2n) is 5.63. The Morgan fingerprint density at radius 3 is 2.74 bits per heavy atom. The van der Waals surface area contributed by atoms with Gasteiger partial charge in [0.25, 0.3) is 0 Å². The zero-order valence-electron chi connectivity index (χ0n) is 11.3. The lowest BCUT2D eigenvalue weighted by Gasteiger charge is -2.37. The van der Waals surface area contributed by atoms with Crippen molar-refractivity contribution in [1.29, 1.82) is 0 Å². The van der Waals surface area contributed by atoms with Crippen LogP contribution in [0, 0.1) is 17.2 Å². The first-order valence-electron chi connectivity index (χ1n) is 6.83. The predicted octanol–water partition coefficient (Wildman–Crippen LogP) is 2.92. The summed E-state index contributed by atoms with van der Waals surface area (Å²) in [6.45, 7) is 2.55. The molecule has 104 valence electrons. The zero-order valence-corrected chi connectivity index (χ0v) is 11.3. The third-order valence-electron chi connectivity index (χ3n) is 4.19. The van der Waals surface area contributed by atoms with E-state index in [1.54, 1.807) is 12.1 Å². The molecule has 0 heterocycles. The molecule has 0 aromatic heterocycles. The highest BCUT2D eigenvalue weighted by Gasteiger charge is 2.39. The Morgan fingerprint density at radius 2 is 2.16 bits per heavy atom. The first kappa shape index (κ1) is 14.0. The van der Waals surface area contributed by atoms with Crippen LogP contribution in [-0.4, -0.2) is 12.5 Å². The minimum absolute atomic E-state index is 0.0764. The molecule has 1 saturated carbocycles. The second-order valence-corrected chi connectivity index (χ2v) is 5.63. The molecule has 1 amide bonds. The highest BCUT2D eigenvalue weighted by molar-refractivity contribution is 5.95. The standard InChI is InChI=1S/C15H21FN2O/c1-11-5-7-15(10-17,8-6-11)14(19)18-13-4-2-3-12(16)9-13/h2-4,9,11H,5-8,10,17H2,1H3,(H,18,19). The van der Waals surface area contributed by atoms with E-state index < -0.39 is 5.41 Å². The fourth-order valence-corrected chi connectivity index (χ4v) is 2.67. The zero-order chi connectivity index (χ0) is 13.9. The minimum Gasteiger partial charge on any atom is -0.329 e. The number of hydrogen-bond donors (Lipinski definition) is 2. The number of nitrogens with one attached hydrogen (secondary N) is 1. The Hall–Kier alpha value is -1.42. The van der Waals surface area contributed by atoms with Gasteiger partial charge in [-0.25, -0.2) is 4.39 Å². The number of hydrogen-bond acceptors (Lipinski definition) is 2. The van der Waals surface area contributed by atoms with E-state index in [9.17, 15) is 9.18 Å². The molecule has 0 aliphatic heterocycles. The molecule has 0 unspecified atom stereocenters. The van der Waals surface area contributed by atoms with Crippen LogP contribution in [0.3, 0.4) is 0 Å². The largest absolute Gasteiger partial charge is 0.329 e. The van der Waals surface area contributed by atoms with E-state index in [4.69, 9.17) is 5.73 Å². The summed E-state index contributed by atoms with van der Waals surface area (Å²) >= 11 is 0. The van der Waals surface area contributed by atoms with Crippen molar-refractivity contribution in [2.75, 3.05) is 11.9 Å². The Balaban J connectivity index is 2.09. The van der Waals surface area contributed by atoms with Gasteiger partial charge in [-0.05, 0) is 49.8 Å². The van der Waals surface area contributed by atoms with Crippen molar-refractivity contribution in [2.24, 2.45) is 17.1 Å². The van der Waals surface area contributed by atoms with E-state index in [1.807, 2.05) is 0 Å². The molecule has 2 rings (SSSR count). The Morgan fingerprint density at radius 1 is 1.47 bits per heavy atom. The van der Waals surface area contributed by atoms with E-state index in [0.29, 0.717) is 18.2 Å². The van der Waals surface area contributed by atoms with Gasteiger partial charge in [-0.2, -0.15) is 0 Å². The predicted molar refractivity (Wildman–Crippen MR) is 74.1 cm³/mol. The molecule has 19 heavy (non-hydrogen) atoms. The third kappa shape index (κ3) is 3.13. The number of rotatable bonds is 3. The maximum atomic E-state index is 13.1. The molecule has 0 saturated heterocycles. The monoisotopic (exact) mass is 264 g/mol. The van der Waals surface area contributed by atoms with Crippen molar-refractivity contribution in [3.8, 4) is 0 Å². The van der Waals surface area contributed by atoms with Gasteiger partial charge in [0.05, 0.1) is 5.41 Å². The lowest BCUT2D eigenvalue weighted by molar-refractivity contribution is -0.127. The molecule has 3 nitrogen and oxygen atoms in total. The van der Waals surface area contributed by atoms with Crippen molar-refractivity contribution in [3.05, 3.63) is 30.1 Å². The van der Waals surface area contributed by atoms with Gasteiger partial charge in [0.1, 0.15) is 5.82 Å². The number of carbonyl (C=O) groups excluding carboxylic acids is 1. The maximum absolute atomic E-state index is 13.1. The highest BCUT2D eigenvalue weighted by atomic mass is 19.1.